The summed E-state index contributed by atoms with van der Waals surface area (Å²) in [6.45, 7) is 8.14. The van der Waals surface area contributed by atoms with Crippen LogP contribution < -0.4 is 5.32 Å². The number of aryl methyl sites for hydroxylation is 2. The molecule has 1 N–H and O–H groups in total. The van der Waals surface area contributed by atoms with Crippen LogP contribution in [0.2, 0.25) is 0 Å². The number of nitrogens with one attached hydrogen (secondary N) is 1. The van der Waals surface area contributed by atoms with E-state index in [1.54, 1.807) is 11.3 Å². The molecule has 1 aliphatic rings. The third-order valence-corrected chi connectivity index (χ3v) is 4.93. The zero-order valence-corrected chi connectivity index (χ0v) is 13.3. The lowest BCUT2D eigenvalue weighted by atomic mass is 10.2. The lowest BCUT2D eigenvalue weighted by molar-refractivity contribution is 0.643. The second-order valence-electron chi connectivity index (χ2n) is 5.55. The molecule has 0 bridgehead atoms. The fraction of sp³-hybridized carbons (Fsp3) is 0.600. The van der Waals surface area contributed by atoms with Crippen molar-refractivity contribution in [1.29, 1.82) is 0 Å². The van der Waals surface area contributed by atoms with Crippen LogP contribution in [0.25, 0.3) is 0 Å². The predicted molar refractivity (Wildman–Crippen MR) is 82.2 cm³/mol. The van der Waals surface area contributed by atoms with E-state index in [4.69, 9.17) is 0 Å². The van der Waals surface area contributed by atoms with Crippen molar-refractivity contribution < 1.29 is 0 Å². The maximum atomic E-state index is 4.68. The van der Waals surface area contributed by atoms with Gasteiger partial charge in [-0.25, -0.2) is 4.98 Å². The number of hydrogen-bond donors (Lipinski definition) is 1. The molecule has 1 aliphatic carbocycles. The average molecular weight is 290 g/mol. The SMILES string of the molecule is CCc1nc(Cn2nc(C)c(CNC3CC3)c2C)cs1. The highest BCUT2D eigenvalue weighted by atomic mass is 32.1. The Morgan fingerprint density at radius 1 is 1.40 bits per heavy atom. The molecule has 108 valence electrons. The van der Waals surface area contributed by atoms with Crippen LogP contribution in [0.4, 0.5) is 0 Å². The maximum Gasteiger partial charge on any atom is 0.0926 e. The Balaban J connectivity index is 1.73. The Labute approximate surface area is 124 Å². The quantitative estimate of drug-likeness (QED) is 0.889. The van der Waals surface area contributed by atoms with Crippen molar-refractivity contribution in [2.24, 2.45) is 0 Å². The normalized spacial score (nSPS) is 14.9. The molecule has 20 heavy (non-hydrogen) atoms. The molecule has 0 amide bonds. The summed E-state index contributed by atoms with van der Waals surface area (Å²) >= 11 is 1.74. The number of thiazole rings is 1. The molecule has 2 aromatic heterocycles. The number of aromatic nitrogens is 3. The van der Waals surface area contributed by atoms with E-state index in [-0.39, 0.29) is 0 Å². The first-order valence-electron chi connectivity index (χ1n) is 7.37. The Hall–Kier alpha value is -1.20. The zero-order chi connectivity index (χ0) is 14.1. The van der Waals surface area contributed by atoms with Crippen molar-refractivity contribution in [3.8, 4) is 0 Å². The van der Waals surface area contributed by atoms with Crippen LogP contribution in [0.15, 0.2) is 5.38 Å². The van der Waals surface area contributed by atoms with Gasteiger partial charge in [-0.1, -0.05) is 6.92 Å². The average Bonchev–Trinajstić information content (AvgIpc) is 3.09. The van der Waals surface area contributed by atoms with Crippen LogP contribution >= 0.6 is 11.3 Å². The summed E-state index contributed by atoms with van der Waals surface area (Å²) in [4.78, 5) is 4.63. The number of nitrogens with zero attached hydrogens (tertiary/aromatic N) is 3. The van der Waals surface area contributed by atoms with Gasteiger partial charge in [-0.15, -0.1) is 11.3 Å². The first-order valence-corrected chi connectivity index (χ1v) is 8.25. The van der Waals surface area contributed by atoms with E-state index < -0.39 is 0 Å². The molecule has 0 radical (unpaired) electrons. The van der Waals surface area contributed by atoms with Gasteiger partial charge in [-0.05, 0) is 33.1 Å². The first kappa shape index (κ1) is 13.8. The van der Waals surface area contributed by atoms with Gasteiger partial charge < -0.3 is 5.32 Å². The van der Waals surface area contributed by atoms with Gasteiger partial charge in [-0.3, -0.25) is 4.68 Å². The second-order valence-corrected chi connectivity index (χ2v) is 6.49. The van der Waals surface area contributed by atoms with Gasteiger partial charge in [0.15, 0.2) is 0 Å². The smallest absolute Gasteiger partial charge is 0.0926 e. The second kappa shape index (κ2) is 5.66. The largest absolute Gasteiger partial charge is 0.310 e. The van der Waals surface area contributed by atoms with E-state index in [1.807, 2.05) is 0 Å². The molecule has 0 aromatic carbocycles. The third-order valence-electron chi connectivity index (χ3n) is 3.89. The number of rotatable bonds is 6. The Bertz CT molecular complexity index is 595. The molecule has 0 unspecified atom stereocenters. The van der Waals surface area contributed by atoms with E-state index in [0.717, 1.165) is 36.9 Å². The Morgan fingerprint density at radius 2 is 2.20 bits per heavy atom. The fourth-order valence-electron chi connectivity index (χ4n) is 2.42. The molecule has 4 nitrogen and oxygen atoms in total. The first-order chi connectivity index (χ1) is 9.67. The van der Waals surface area contributed by atoms with Crippen molar-refractivity contribution in [1.82, 2.24) is 20.1 Å². The van der Waals surface area contributed by atoms with Gasteiger partial charge in [-0.2, -0.15) is 5.10 Å². The molecule has 1 fully saturated rings. The summed E-state index contributed by atoms with van der Waals surface area (Å²) in [5, 5.41) is 11.6. The van der Waals surface area contributed by atoms with E-state index in [2.05, 4.69) is 46.2 Å². The molecular formula is C15H22N4S. The molecule has 2 aromatic rings. The van der Waals surface area contributed by atoms with Crippen molar-refractivity contribution in [2.75, 3.05) is 0 Å². The van der Waals surface area contributed by atoms with Crippen LogP contribution in [0.3, 0.4) is 0 Å². The minimum Gasteiger partial charge on any atom is -0.310 e. The highest BCUT2D eigenvalue weighted by Gasteiger charge is 2.21. The van der Waals surface area contributed by atoms with Gasteiger partial charge in [0.1, 0.15) is 0 Å². The predicted octanol–water partition coefficient (Wildman–Crippen LogP) is 2.82. The monoisotopic (exact) mass is 290 g/mol. The third kappa shape index (κ3) is 2.94. The summed E-state index contributed by atoms with van der Waals surface area (Å²) in [5.74, 6) is 0. The molecule has 0 saturated heterocycles. The molecule has 5 heteroatoms. The summed E-state index contributed by atoms with van der Waals surface area (Å²) in [6.07, 6.45) is 3.66. The van der Waals surface area contributed by atoms with Crippen LogP contribution in [-0.4, -0.2) is 20.8 Å². The van der Waals surface area contributed by atoms with Gasteiger partial charge in [0.25, 0.3) is 0 Å². The van der Waals surface area contributed by atoms with Gasteiger partial charge in [0.2, 0.25) is 0 Å². The molecule has 0 atom stereocenters. The molecule has 2 heterocycles. The minimum absolute atomic E-state index is 0.739. The van der Waals surface area contributed by atoms with Crippen LogP contribution in [0, 0.1) is 13.8 Å². The summed E-state index contributed by atoms with van der Waals surface area (Å²) < 4.78 is 2.09. The topological polar surface area (TPSA) is 42.7 Å². The van der Waals surface area contributed by atoms with E-state index >= 15 is 0 Å². The minimum atomic E-state index is 0.739. The van der Waals surface area contributed by atoms with Crippen molar-refractivity contribution in [2.45, 2.75) is 59.2 Å². The highest BCUT2D eigenvalue weighted by Crippen LogP contribution is 2.21. The van der Waals surface area contributed by atoms with Gasteiger partial charge in [0, 0.05) is 29.2 Å². The molecule has 0 spiro atoms. The lowest BCUT2D eigenvalue weighted by Gasteiger charge is -2.05. The van der Waals surface area contributed by atoms with E-state index in [9.17, 15) is 0 Å². The van der Waals surface area contributed by atoms with Crippen LogP contribution in [0.1, 0.15) is 47.4 Å². The molecule has 0 aliphatic heterocycles. The van der Waals surface area contributed by atoms with Gasteiger partial charge >= 0.3 is 0 Å². The number of hydrogen-bond acceptors (Lipinski definition) is 4. The fourth-order valence-corrected chi connectivity index (χ4v) is 3.15. The Morgan fingerprint density at radius 3 is 2.85 bits per heavy atom. The highest BCUT2D eigenvalue weighted by molar-refractivity contribution is 7.09. The molecule has 3 rings (SSSR count). The standard InChI is InChI=1S/C15H22N4S/c1-4-15-17-13(9-20-15)8-19-11(3)14(10(2)18-19)7-16-12-5-6-12/h9,12,16H,4-8H2,1-3H3. The van der Waals surface area contributed by atoms with Crippen molar-refractivity contribution in [3.05, 3.63) is 33.0 Å². The van der Waals surface area contributed by atoms with Crippen LogP contribution in [0.5, 0.6) is 0 Å². The summed E-state index contributed by atoms with van der Waals surface area (Å²) in [7, 11) is 0. The van der Waals surface area contributed by atoms with Crippen molar-refractivity contribution >= 4 is 11.3 Å². The molecule has 1 saturated carbocycles. The molecular weight excluding hydrogens is 268 g/mol. The van der Waals surface area contributed by atoms with E-state index in [1.165, 1.54) is 29.1 Å². The van der Waals surface area contributed by atoms with Crippen LogP contribution in [-0.2, 0) is 19.5 Å². The summed E-state index contributed by atoms with van der Waals surface area (Å²) in [6, 6.07) is 0.739. The lowest BCUT2D eigenvalue weighted by Crippen LogP contribution is -2.16. The maximum absolute atomic E-state index is 4.68. The van der Waals surface area contributed by atoms with E-state index in [0.29, 0.717) is 0 Å². The summed E-state index contributed by atoms with van der Waals surface area (Å²) in [5.41, 5.74) is 4.88. The van der Waals surface area contributed by atoms with Gasteiger partial charge in [0.05, 0.1) is 22.9 Å². The Kier molecular flexibility index (Phi) is 3.89. The zero-order valence-electron chi connectivity index (χ0n) is 12.4. The van der Waals surface area contributed by atoms with Crippen molar-refractivity contribution in [3.63, 3.8) is 0 Å².